The first-order chi connectivity index (χ1) is 9.61. The molecule has 2 heterocycles. The molecule has 3 N–H and O–H groups in total. The van der Waals surface area contributed by atoms with Crippen LogP contribution in [0.5, 0.6) is 0 Å². The number of likely N-dealkylation sites (tertiary alicyclic amines) is 1. The van der Waals surface area contributed by atoms with Gasteiger partial charge in [-0.1, -0.05) is 0 Å². The highest BCUT2D eigenvalue weighted by atomic mass is 35.5. The van der Waals surface area contributed by atoms with E-state index in [9.17, 15) is 9.59 Å². The summed E-state index contributed by atoms with van der Waals surface area (Å²) in [5.41, 5.74) is 6.31. The molecule has 2 unspecified atom stereocenters. The Balaban J connectivity index is 0.00000220. The third-order valence-corrected chi connectivity index (χ3v) is 4.41. The normalized spacial score (nSPS) is 21.0. The summed E-state index contributed by atoms with van der Waals surface area (Å²) in [5, 5.41) is 6.43. The highest BCUT2D eigenvalue weighted by molar-refractivity contribution is 7.08. The first-order valence-electron chi connectivity index (χ1n) is 6.91. The number of carbonyl (C=O) groups excluding carboxylic acids is 2. The number of hydrogen-bond acceptors (Lipinski definition) is 4. The zero-order valence-corrected chi connectivity index (χ0v) is 13.7. The lowest BCUT2D eigenvalue weighted by Crippen LogP contribution is -2.37. The van der Waals surface area contributed by atoms with Crippen molar-refractivity contribution in [3.63, 3.8) is 0 Å². The number of thiophene rings is 1. The Labute approximate surface area is 135 Å². The van der Waals surface area contributed by atoms with Crippen LogP contribution in [0, 0.1) is 5.92 Å². The van der Waals surface area contributed by atoms with E-state index < -0.39 is 0 Å². The summed E-state index contributed by atoms with van der Waals surface area (Å²) in [6.45, 7) is 3.81. The van der Waals surface area contributed by atoms with Crippen LogP contribution in [0.15, 0.2) is 16.8 Å². The van der Waals surface area contributed by atoms with Gasteiger partial charge in [0.25, 0.3) is 5.91 Å². The number of nitrogens with two attached hydrogens (primary N) is 1. The molecule has 0 radical (unpaired) electrons. The van der Waals surface area contributed by atoms with Crippen LogP contribution in [0.2, 0.25) is 0 Å². The number of nitrogens with one attached hydrogen (secondary N) is 1. The predicted octanol–water partition coefficient (Wildman–Crippen LogP) is 1.49. The minimum Gasteiger partial charge on any atom is -0.351 e. The number of amides is 2. The van der Waals surface area contributed by atoms with E-state index in [4.69, 9.17) is 5.73 Å². The molecule has 1 aromatic heterocycles. The van der Waals surface area contributed by atoms with Gasteiger partial charge in [0.15, 0.2) is 0 Å². The van der Waals surface area contributed by atoms with E-state index in [1.807, 2.05) is 10.3 Å². The maximum absolute atomic E-state index is 12.1. The number of halogens is 1. The van der Waals surface area contributed by atoms with Crippen molar-refractivity contribution in [1.82, 2.24) is 10.2 Å². The monoisotopic (exact) mass is 331 g/mol. The Morgan fingerprint density at radius 1 is 1.52 bits per heavy atom. The minimum absolute atomic E-state index is 0. The number of hydrogen-bond donors (Lipinski definition) is 2. The predicted molar refractivity (Wildman–Crippen MR) is 86.9 cm³/mol. The summed E-state index contributed by atoms with van der Waals surface area (Å²) < 4.78 is 0. The van der Waals surface area contributed by atoms with E-state index in [1.54, 1.807) is 11.4 Å². The average molecular weight is 332 g/mol. The van der Waals surface area contributed by atoms with Crippen molar-refractivity contribution in [3.05, 3.63) is 22.4 Å². The van der Waals surface area contributed by atoms with Gasteiger partial charge in [-0.15, -0.1) is 12.4 Å². The zero-order chi connectivity index (χ0) is 14.5. The quantitative estimate of drug-likeness (QED) is 0.858. The Morgan fingerprint density at radius 3 is 2.86 bits per heavy atom. The summed E-state index contributed by atoms with van der Waals surface area (Å²) in [7, 11) is 0. The van der Waals surface area contributed by atoms with E-state index in [-0.39, 0.29) is 30.3 Å². The smallest absolute Gasteiger partial charge is 0.252 e. The Morgan fingerprint density at radius 2 is 2.29 bits per heavy atom. The molecule has 1 aromatic rings. The van der Waals surface area contributed by atoms with E-state index >= 15 is 0 Å². The van der Waals surface area contributed by atoms with Crippen LogP contribution in [-0.4, -0.2) is 42.4 Å². The largest absolute Gasteiger partial charge is 0.351 e. The summed E-state index contributed by atoms with van der Waals surface area (Å²) in [5.74, 6) is 0.391. The van der Waals surface area contributed by atoms with Gasteiger partial charge in [-0.05, 0) is 37.3 Å². The third-order valence-electron chi connectivity index (χ3n) is 3.72. The summed E-state index contributed by atoms with van der Waals surface area (Å²) >= 11 is 1.48. The van der Waals surface area contributed by atoms with E-state index in [1.165, 1.54) is 11.3 Å². The van der Waals surface area contributed by atoms with Gasteiger partial charge in [0.05, 0.1) is 0 Å². The first-order valence-corrected chi connectivity index (χ1v) is 7.86. The van der Waals surface area contributed by atoms with E-state index in [0.29, 0.717) is 31.0 Å². The number of nitrogens with zero attached hydrogens (tertiary/aromatic N) is 1. The van der Waals surface area contributed by atoms with Crippen molar-refractivity contribution in [2.45, 2.75) is 25.8 Å². The molecule has 1 aliphatic heterocycles. The van der Waals surface area contributed by atoms with Gasteiger partial charge in [0, 0.05) is 36.5 Å². The van der Waals surface area contributed by atoms with Crippen molar-refractivity contribution < 1.29 is 9.59 Å². The molecule has 2 amide bonds. The molecule has 118 valence electrons. The van der Waals surface area contributed by atoms with E-state index in [2.05, 4.69) is 12.2 Å². The molecule has 2 atom stereocenters. The molecule has 0 saturated carbocycles. The molecule has 1 aliphatic rings. The van der Waals surface area contributed by atoms with Crippen LogP contribution in [0.25, 0.3) is 0 Å². The third kappa shape index (κ3) is 4.69. The van der Waals surface area contributed by atoms with Crippen molar-refractivity contribution in [3.8, 4) is 0 Å². The molecular weight excluding hydrogens is 310 g/mol. The lowest BCUT2D eigenvalue weighted by molar-refractivity contribution is -0.131. The number of carbonyl (C=O) groups is 2. The van der Waals surface area contributed by atoms with Crippen LogP contribution in [0.1, 0.15) is 30.1 Å². The van der Waals surface area contributed by atoms with Crippen molar-refractivity contribution in [1.29, 1.82) is 0 Å². The van der Waals surface area contributed by atoms with E-state index in [0.717, 1.165) is 13.0 Å². The lowest BCUT2D eigenvalue weighted by Gasteiger charge is -2.21. The maximum Gasteiger partial charge on any atom is 0.252 e. The topological polar surface area (TPSA) is 75.4 Å². The first kappa shape index (κ1) is 17.9. The van der Waals surface area contributed by atoms with Gasteiger partial charge in [-0.25, -0.2) is 0 Å². The Bertz CT molecular complexity index is 467. The fraction of sp³-hybridized carbons (Fsp3) is 0.571. The summed E-state index contributed by atoms with van der Waals surface area (Å²) in [4.78, 5) is 25.7. The van der Waals surface area contributed by atoms with Gasteiger partial charge >= 0.3 is 0 Å². The molecular formula is C14H22ClN3O2S. The molecule has 0 aliphatic carbocycles. The molecule has 0 aromatic carbocycles. The maximum atomic E-state index is 12.1. The van der Waals surface area contributed by atoms with Crippen LogP contribution in [0.3, 0.4) is 0 Å². The van der Waals surface area contributed by atoms with Crippen LogP contribution in [-0.2, 0) is 4.79 Å². The Hall–Kier alpha value is -1.11. The van der Waals surface area contributed by atoms with Gasteiger partial charge < -0.3 is 16.0 Å². The fourth-order valence-corrected chi connectivity index (χ4v) is 3.22. The second-order valence-electron chi connectivity index (χ2n) is 5.25. The molecule has 1 fully saturated rings. The Kier molecular flexibility index (Phi) is 7.14. The molecule has 7 heteroatoms. The van der Waals surface area contributed by atoms with Crippen molar-refractivity contribution >= 4 is 35.6 Å². The number of rotatable bonds is 5. The molecule has 21 heavy (non-hydrogen) atoms. The second-order valence-corrected chi connectivity index (χ2v) is 6.03. The second kappa shape index (κ2) is 8.36. The standard InChI is InChI=1S/C14H21N3O2S.ClH/c1-10-6-11(7-15)8-17(10)13(18)2-4-16-14(19)12-3-5-20-9-12;/h3,5,9-11H,2,4,6-8,15H2,1H3,(H,16,19);1H. The van der Waals surface area contributed by atoms with Gasteiger partial charge in [-0.3, -0.25) is 9.59 Å². The van der Waals surface area contributed by atoms with Crippen LogP contribution in [0.4, 0.5) is 0 Å². The molecule has 5 nitrogen and oxygen atoms in total. The summed E-state index contributed by atoms with van der Waals surface area (Å²) in [6.07, 6.45) is 1.32. The molecule has 1 saturated heterocycles. The highest BCUT2D eigenvalue weighted by Crippen LogP contribution is 2.22. The van der Waals surface area contributed by atoms with Crippen molar-refractivity contribution in [2.24, 2.45) is 11.7 Å². The van der Waals surface area contributed by atoms with Crippen molar-refractivity contribution in [2.75, 3.05) is 19.6 Å². The van der Waals surface area contributed by atoms with Gasteiger partial charge in [0.2, 0.25) is 5.91 Å². The molecule has 0 spiro atoms. The van der Waals surface area contributed by atoms with Crippen LogP contribution >= 0.6 is 23.7 Å². The highest BCUT2D eigenvalue weighted by Gasteiger charge is 2.31. The lowest BCUT2D eigenvalue weighted by atomic mass is 10.1. The van der Waals surface area contributed by atoms with Crippen LogP contribution < -0.4 is 11.1 Å². The van der Waals surface area contributed by atoms with Gasteiger partial charge in [0.1, 0.15) is 0 Å². The molecule has 2 rings (SSSR count). The zero-order valence-electron chi connectivity index (χ0n) is 12.1. The summed E-state index contributed by atoms with van der Waals surface area (Å²) in [6, 6.07) is 2.03. The average Bonchev–Trinajstić information content (AvgIpc) is 3.07. The fourth-order valence-electron chi connectivity index (χ4n) is 2.58. The SMILES string of the molecule is CC1CC(CN)CN1C(=O)CCNC(=O)c1ccsc1.Cl. The van der Waals surface area contributed by atoms with Gasteiger partial charge in [-0.2, -0.15) is 11.3 Å². The molecule has 0 bridgehead atoms. The minimum atomic E-state index is -0.117.